The van der Waals surface area contributed by atoms with Crippen molar-refractivity contribution in [1.82, 2.24) is 15.5 Å². The third kappa shape index (κ3) is 3.99. The van der Waals surface area contributed by atoms with Gasteiger partial charge in [-0.3, -0.25) is 0 Å². The predicted molar refractivity (Wildman–Crippen MR) is 73.4 cm³/mol. The molecule has 0 radical (unpaired) electrons. The number of nitrogens with zero attached hydrogens (tertiary/aromatic N) is 1. The van der Waals surface area contributed by atoms with Gasteiger partial charge in [0.15, 0.2) is 0 Å². The minimum Gasteiger partial charge on any atom is -0.336 e. The molecule has 108 valence electrons. The molecule has 1 aromatic carbocycles. The van der Waals surface area contributed by atoms with Gasteiger partial charge in [0.1, 0.15) is 5.82 Å². The quantitative estimate of drug-likeness (QED) is 0.790. The van der Waals surface area contributed by atoms with Crippen molar-refractivity contribution >= 4 is 29.4 Å². The zero-order chi connectivity index (χ0) is 14.5. The molecule has 0 aliphatic carbocycles. The van der Waals surface area contributed by atoms with Crippen molar-refractivity contribution in [1.29, 1.82) is 0 Å². The summed E-state index contributed by atoms with van der Waals surface area (Å²) in [6.07, 6.45) is 0. The van der Waals surface area contributed by atoms with E-state index in [1.807, 2.05) is 0 Å². The van der Waals surface area contributed by atoms with E-state index in [0.717, 1.165) is 6.07 Å². The highest BCUT2D eigenvalue weighted by molar-refractivity contribution is 6.30. The van der Waals surface area contributed by atoms with Gasteiger partial charge in [0.25, 0.3) is 0 Å². The molecule has 0 saturated carbocycles. The standard InChI is InChI=1S/C12H14ClFN4O2/c13-8-5-9(14)7-10(6-8)17-11(19)15-1-3-18-4-2-16-12(18)20/h5-7H,1-4H2,(H,16,20)(H2,15,17,19). The minimum absolute atomic E-state index is 0.135. The van der Waals surface area contributed by atoms with Crippen LogP contribution in [0.25, 0.3) is 0 Å². The van der Waals surface area contributed by atoms with Crippen molar-refractivity contribution < 1.29 is 14.0 Å². The lowest BCUT2D eigenvalue weighted by atomic mass is 10.3. The second-order valence-corrected chi connectivity index (χ2v) is 4.69. The van der Waals surface area contributed by atoms with Crippen molar-refractivity contribution in [3.63, 3.8) is 0 Å². The summed E-state index contributed by atoms with van der Waals surface area (Å²) >= 11 is 5.68. The van der Waals surface area contributed by atoms with E-state index < -0.39 is 11.8 Å². The number of anilines is 1. The third-order valence-electron chi connectivity index (χ3n) is 2.73. The van der Waals surface area contributed by atoms with Crippen LogP contribution in [0.15, 0.2) is 18.2 Å². The average molecular weight is 301 g/mol. The van der Waals surface area contributed by atoms with Crippen LogP contribution < -0.4 is 16.0 Å². The molecule has 1 aromatic rings. The van der Waals surface area contributed by atoms with E-state index in [1.165, 1.54) is 12.1 Å². The minimum atomic E-state index is -0.526. The van der Waals surface area contributed by atoms with Gasteiger partial charge in [-0.1, -0.05) is 11.6 Å². The first-order valence-corrected chi connectivity index (χ1v) is 6.46. The molecular weight excluding hydrogens is 287 g/mol. The predicted octanol–water partition coefficient (Wildman–Crippen LogP) is 1.63. The van der Waals surface area contributed by atoms with Crippen molar-refractivity contribution in [3.05, 3.63) is 29.0 Å². The Morgan fingerprint density at radius 2 is 2.25 bits per heavy atom. The molecule has 1 fully saturated rings. The van der Waals surface area contributed by atoms with Crippen molar-refractivity contribution in [2.45, 2.75) is 0 Å². The van der Waals surface area contributed by atoms with Gasteiger partial charge in [-0.05, 0) is 18.2 Å². The number of carbonyl (C=O) groups excluding carboxylic acids is 2. The van der Waals surface area contributed by atoms with Gasteiger partial charge in [-0.15, -0.1) is 0 Å². The molecule has 4 amide bonds. The molecule has 0 spiro atoms. The Bertz CT molecular complexity index is 506. The summed E-state index contributed by atoms with van der Waals surface area (Å²) in [5.74, 6) is -0.526. The van der Waals surface area contributed by atoms with Crippen molar-refractivity contribution in [3.8, 4) is 0 Å². The van der Waals surface area contributed by atoms with Gasteiger partial charge in [0.05, 0.1) is 0 Å². The molecule has 0 aromatic heterocycles. The fraction of sp³-hybridized carbons (Fsp3) is 0.333. The third-order valence-corrected chi connectivity index (χ3v) is 2.95. The van der Waals surface area contributed by atoms with Crippen LogP contribution in [0.3, 0.4) is 0 Å². The van der Waals surface area contributed by atoms with Crippen LogP contribution in [-0.2, 0) is 0 Å². The molecule has 20 heavy (non-hydrogen) atoms. The zero-order valence-electron chi connectivity index (χ0n) is 10.6. The summed E-state index contributed by atoms with van der Waals surface area (Å²) < 4.78 is 13.1. The first-order valence-electron chi connectivity index (χ1n) is 6.08. The van der Waals surface area contributed by atoms with Crippen molar-refractivity contribution in [2.24, 2.45) is 0 Å². The summed E-state index contributed by atoms with van der Waals surface area (Å²) in [6.45, 7) is 1.97. The molecule has 6 nitrogen and oxygen atoms in total. The normalized spacial score (nSPS) is 14.1. The van der Waals surface area contributed by atoms with Crippen LogP contribution in [-0.4, -0.2) is 43.1 Å². The van der Waals surface area contributed by atoms with Crippen LogP contribution in [0.2, 0.25) is 5.02 Å². The Balaban J connectivity index is 1.76. The molecular formula is C12H14ClFN4O2. The first-order chi connectivity index (χ1) is 9.54. The van der Waals surface area contributed by atoms with Gasteiger partial charge in [-0.2, -0.15) is 0 Å². The smallest absolute Gasteiger partial charge is 0.319 e. The van der Waals surface area contributed by atoms with E-state index in [-0.39, 0.29) is 16.7 Å². The van der Waals surface area contributed by atoms with E-state index in [4.69, 9.17) is 11.6 Å². The van der Waals surface area contributed by atoms with Gasteiger partial charge in [0, 0.05) is 36.9 Å². The molecule has 1 heterocycles. The Morgan fingerprint density at radius 3 is 2.90 bits per heavy atom. The maximum atomic E-state index is 13.1. The van der Waals surface area contributed by atoms with Gasteiger partial charge >= 0.3 is 12.1 Å². The molecule has 0 unspecified atom stereocenters. The van der Waals surface area contributed by atoms with Crippen molar-refractivity contribution in [2.75, 3.05) is 31.5 Å². The number of amides is 4. The Morgan fingerprint density at radius 1 is 1.45 bits per heavy atom. The van der Waals surface area contributed by atoms with Gasteiger partial charge in [-0.25, -0.2) is 14.0 Å². The molecule has 0 atom stereocenters. The molecule has 8 heteroatoms. The van der Waals surface area contributed by atoms with Crippen LogP contribution >= 0.6 is 11.6 Å². The van der Waals surface area contributed by atoms with E-state index >= 15 is 0 Å². The van der Waals surface area contributed by atoms with E-state index in [9.17, 15) is 14.0 Å². The molecule has 1 aliphatic heterocycles. The highest BCUT2D eigenvalue weighted by Crippen LogP contribution is 2.17. The monoisotopic (exact) mass is 300 g/mol. The van der Waals surface area contributed by atoms with Crippen LogP contribution in [0.1, 0.15) is 0 Å². The lowest BCUT2D eigenvalue weighted by Crippen LogP contribution is -2.38. The van der Waals surface area contributed by atoms with Gasteiger partial charge < -0.3 is 20.9 Å². The Hall–Kier alpha value is -2.02. The van der Waals surface area contributed by atoms with Crippen LogP contribution in [0, 0.1) is 5.82 Å². The summed E-state index contributed by atoms with van der Waals surface area (Å²) in [7, 11) is 0. The van der Waals surface area contributed by atoms with E-state index in [0.29, 0.717) is 26.2 Å². The molecule has 1 saturated heterocycles. The largest absolute Gasteiger partial charge is 0.336 e. The number of hydrogen-bond donors (Lipinski definition) is 3. The fourth-order valence-corrected chi connectivity index (χ4v) is 2.05. The van der Waals surface area contributed by atoms with E-state index in [2.05, 4.69) is 16.0 Å². The molecule has 0 bridgehead atoms. The number of nitrogens with one attached hydrogen (secondary N) is 3. The maximum absolute atomic E-state index is 13.1. The Kier molecular flexibility index (Phi) is 4.62. The summed E-state index contributed by atoms with van der Waals surface area (Å²) in [5.41, 5.74) is 0.270. The number of urea groups is 2. The van der Waals surface area contributed by atoms with Crippen LogP contribution in [0.4, 0.5) is 19.7 Å². The summed E-state index contributed by atoms with van der Waals surface area (Å²) in [5, 5.41) is 7.91. The zero-order valence-corrected chi connectivity index (χ0v) is 11.3. The Labute approximate surface area is 120 Å². The van der Waals surface area contributed by atoms with E-state index in [1.54, 1.807) is 4.90 Å². The molecule has 3 N–H and O–H groups in total. The maximum Gasteiger partial charge on any atom is 0.319 e. The number of hydrogen-bond acceptors (Lipinski definition) is 2. The average Bonchev–Trinajstić information content (AvgIpc) is 2.73. The lowest BCUT2D eigenvalue weighted by molar-refractivity contribution is 0.216. The topological polar surface area (TPSA) is 73.5 Å². The number of halogens is 2. The SMILES string of the molecule is O=C(NCCN1CCNC1=O)Nc1cc(F)cc(Cl)c1. The number of benzene rings is 1. The van der Waals surface area contributed by atoms with Crippen LogP contribution in [0.5, 0.6) is 0 Å². The molecule has 1 aliphatic rings. The number of rotatable bonds is 4. The highest BCUT2D eigenvalue weighted by Gasteiger charge is 2.18. The number of carbonyl (C=O) groups is 2. The summed E-state index contributed by atoms with van der Waals surface area (Å²) in [4.78, 5) is 24.4. The second kappa shape index (κ2) is 6.42. The second-order valence-electron chi connectivity index (χ2n) is 4.26. The lowest BCUT2D eigenvalue weighted by Gasteiger charge is -2.14. The first kappa shape index (κ1) is 14.4. The van der Waals surface area contributed by atoms with Gasteiger partial charge in [0.2, 0.25) is 0 Å². The fourth-order valence-electron chi connectivity index (χ4n) is 1.83. The summed E-state index contributed by atoms with van der Waals surface area (Å²) in [6, 6.07) is 3.14. The molecule has 2 rings (SSSR count). The highest BCUT2D eigenvalue weighted by atomic mass is 35.5.